The zero-order valence-electron chi connectivity index (χ0n) is 17.5. The summed E-state index contributed by atoms with van der Waals surface area (Å²) in [6.07, 6.45) is -1.75. The van der Waals surface area contributed by atoms with Crippen LogP contribution in [0.15, 0.2) is 42.5 Å². The first-order chi connectivity index (χ1) is 14.2. The summed E-state index contributed by atoms with van der Waals surface area (Å²) in [6, 6.07) is 13.3. The smallest absolute Gasteiger partial charge is 0.338 e. The Balaban J connectivity index is 1.46. The van der Waals surface area contributed by atoms with Crippen LogP contribution in [0.2, 0.25) is 0 Å². The molecular weight excluding hydrogens is 388 g/mol. The SMILES string of the molecule is CC1(C)O[C@@H]2[C@@H](CO[C@]3(COC(C)(C)O3)[C@H]2OC(=O)c2ccc3ccccc3c2)O1. The molecule has 2 aromatic rings. The Morgan fingerprint density at radius 1 is 0.967 bits per heavy atom. The number of hydrogen-bond donors (Lipinski definition) is 0. The largest absolute Gasteiger partial charge is 0.450 e. The Hall–Kier alpha value is -2.03. The molecule has 0 saturated carbocycles. The van der Waals surface area contributed by atoms with Crippen molar-refractivity contribution in [2.75, 3.05) is 13.2 Å². The molecule has 160 valence electrons. The Labute approximate surface area is 175 Å². The van der Waals surface area contributed by atoms with Gasteiger partial charge < -0.3 is 28.4 Å². The Morgan fingerprint density at radius 2 is 1.73 bits per heavy atom. The average Bonchev–Trinajstić information content (AvgIpc) is 3.19. The molecule has 1 spiro atoms. The fourth-order valence-electron chi connectivity index (χ4n) is 4.42. The van der Waals surface area contributed by atoms with Crippen LogP contribution in [-0.4, -0.2) is 54.9 Å². The van der Waals surface area contributed by atoms with Gasteiger partial charge in [-0.05, 0) is 50.6 Å². The van der Waals surface area contributed by atoms with E-state index in [1.165, 1.54) is 0 Å². The lowest BCUT2D eigenvalue weighted by Crippen LogP contribution is -2.63. The minimum atomic E-state index is -1.25. The van der Waals surface area contributed by atoms with Crippen molar-refractivity contribution in [2.24, 2.45) is 0 Å². The third kappa shape index (κ3) is 3.40. The van der Waals surface area contributed by atoms with Crippen molar-refractivity contribution in [1.82, 2.24) is 0 Å². The zero-order chi connectivity index (χ0) is 21.1. The maximum Gasteiger partial charge on any atom is 0.338 e. The van der Waals surface area contributed by atoms with Crippen molar-refractivity contribution >= 4 is 16.7 Å². The second kappa shape index (κ2) is 6.73. The van der Waals surface area contributed by atoms with Crippen LogP contribution in [0, 0.1) is 0 Å². The highest BCUT2D eigenvalue weighted by molar-refractivity contribution is 5.95. The second-order valence-electron chi connectivity index (χ2n) is 8.94. The van der Waals surface area contributed by atoms with E-state index in [-0.39, 0.29) is 19.3 Å². The van der Waals surface area contributed by atoms with E-state index in [1.54, 1.807) is 19.9 Å². The molecule has 0 N–H and O–H groups in total. The summed E-state index contributed by atoms with van der Waals surface area (Å²) in [7, 11) is 0. The maximum absolute atomic E-state index is 13.1. The summed E-state index contributed by atoms with van der Waals surface area (Å²) < 4.78 is 36.0. The zero-order valence-corrected chi connectivity index (χ0v) is 17.5. The van der Waals surface area contributed by atoms with Crippen molar-refractivity contribution in [3.8, 4) is 0 Å². The van der Waals surface area contributed by atoms with Crippen LogP contribution in [0.3, 0.4) is 0 Å². The number of esters is 1. The summed E-state index contributed by atoms with van der Waals surface area (Å²) in [5.74, 6) is -3.40. The van der Waals surface area contributed by atoms with E-state index in [1.807, 2.05) is 50.2 Å². The van der Waals surface area contributed by atoms with E-state index in [4.69, 9.17) is 28.4 Å². The number of carbonyl (C=O) groups excluding carboxylic acids is 1. The van der Waals surface area contributed by atoms with Gasteiger partial charge in [0, 0.05) is 0 Å². The minimum absolute atomic E-state index is 0.128. The lowest BCUT2D eigenvalue weighted by atomic mass is 9.97. The first-order valence-electron chi connectivity index (χ1n) is 10.2. The molecule has 0 aliphatic carbocycles. The van der Waals surface area contributed by atoms with Crippen LogP contribution in [0.4, 0.5) is 0 Å². The molecule has 3 aliphatic rings. The first-order valence-corrected chi connectivity index (χ1v) is 10.2. The van der Waals surface area contributed by atoms with Gasteiger partial charge in [0.25, 0.3) is 0 Å². The van der Waals surface area contributed by atoms with E-state index in [2.05, 4.69) is 0 Å². The summed E-state index contributed by atoms with van der Waals surface area (Å²) >= 11 is 0. The topological polar surface area (TPSA) is 72.5 Å². The molecule has 0 bridgehead atoms. The van der Waals surface area contributed by atoms with Crippen molar-refractivity contribution in [3.05, 3.63) is 48.0 Å². The molecule has 7 heteroatoms. The quantitative estimate of drug-likeness (QED) is 0.698. The first kappa shape index (κ1) is 19.9. The van der Waals surface area contributed by atoms with E-state index in [0.717, 1.165) is 10.8 Å². The number of rotatable bonds is 2. The Kier molecular flexibility index (Phi) is 4.47. The minimum Gasteiger partial charge on any atom is -0.450 e. The summed E-state index contributed by atoms with van der Waals surface area (Å²) in [5, 5.41) is 2.01. The van der Waals surface area contributed by atoms with Crippen molar-refractivity contribution in [2.45, 2.75) is 63.4 Å². The average molecular weight is 414 g/mol. The molecule has 0 radical (unpaired) electrons. The predicted octanol–water partition coefficient (Wildman–Crippen LogP) is 3.39. The summed E-state index contributed by atoms with van der Waals surface area (Å²) in [6.45, 7) is 7.65. The van der Waals surface area contributed by atoms with Gasteiger partial charge in [-0.25, -0.2) is 4.79 Å². The van der Waals surface area contributed by atoms with Crippen molar-refractivity contribution in [3.63, 3.8) is 0 Å². The monoisotopic (exact) mass is 414 g/mol. The lowest BCUT2D eigenvalue weighted by molar-refractivity contribution is -0.325. The van der Waals surface area contributed by atoms with Crippen LogP contribution in [-0.2, 0) is 28.4 Å². The normalized spacial score (nSPS) is 34.2. The molecule has 30 heavy (non-hydrogen) atoms. The molecule has 2 aromatic carbocycles. The van der Waals surface area contributed by atoms with Crippen molar-refractivity contribution < 1.29 is 33.2 Å². The number of fused-ring (bicyclic) bond motifs is 2. The van der Waals surface area contributed by atoms with Gasteiger partial charge in [-0.3, -0.25) is 0 Å². The van der Waals surface area contributed by atoms with Crippen LogP contribution in [0.1, 0.15) is 38.1 Å². The molecule has 0 amide bonds. The number of carbonyl (C=O) groups is 1. The molecule has 0 aromatic heterocycles. The molecule has 3 aliphatic heterocycles. The Morgan fingerprint density at radius 3 is 2.47 bits per heavy atom. The van der Waals surface area contributed by atoms with Gasteiger partial charge >= 0.3 is 5.97 Å². The molecule has 0 unspecified atom stereocenters. The van der Waals surface area contributed by atoms with Gasteiger partial charge in [-0.15, -0.1) is 0 Å². The highest BCUT2D eigenvalue weighted by Gasteiger charge is 2.64. The predicted molar refractivity (Wildman–Crippen MR) is 107 cm³/mol. The van der Waals surface area contributed by atoms with Crippen molar-refractivity contribution in [1.29, 1.82) is 0 Å². The van der Waals surface area contributed by atoms with Gasteiger partial charge in [-0.1, -0.05) is 30.3 Å². The van der Waals surface area contributed by atoms with Gasteiger partial charge in [0.15, 0.2) is 17.7 Å². The standard InChI is InChI=1S/C23H26O7/c1-21(2)26-13-23(30-21)19(18-17(12-25-23)28-22(3,4)29-18)27-20(24)16-10-9-14-7-5-6-8-15(14)11-16/h5-11,17-19H,12-13H2,1-4H3/t17-,18-,19+,23+/m1/s1. The fourth-order valence-corrected chi connectivity index (χ4v) is 4.42. The van der Waals surface area contributed by atoms with Gasteiger partial charge in [0.05, 0.1) is 12.2 Å². The number of benzene rings is 2. The van der Waals surface area contributed by atoms with Gasteiger partial charge in [-0.2, -0.15) is 0 Å². The lowest BCUT2D eigenvalue weighted by Gasteiger charge is -2.43. The van der Waals surface area contributed by atoms with Crippen LogP contribution >= 0.6 is 0 Å². The Bertz CT molecular complexity index is 982. The number of hydrogen-bond acceptors (Lipinski definition) is 7. The van der Waals surface area contributed by atoms with E-state index < -0.39 is 35.5 Å². The van der Waals surface area contributed by atoms with E-state index >= 15 is 0 Å². The third-order valence-corrected chi connectivity index (χ3v) is 5.70. The molecule has 3 saturated heterocycles. The molecule has 3 heterocycles. The fraction of sp³-hybridized carbons (Fsp3) is 0.522. The van der Waals surface area contributed by atoms with Gasteiger partial charge in [0.1, 0.15) is 18.8 Å². The van der Waals surface area contributed by atoms with Crippen LogP contribution < -0.4 is 0 Å². The molecule has 3 fully saturated rings. The highest BCUT2D eigenvalue weighted by atomic mass is 16.9. The van der Waals surface area contributed by atoms with Crippen LogP contribution in [0.5, 0.6) is 0 Å². The van der Waals surface area contributed by atoms with Gasteiger partial charge in [0.2, 0.25) is 5.79 Å². The second-order valence-corrected chi connectivity index (χ2v) is 8.94. The highest BCUT2D eigenvalue weighted by Crippen LogP contribution is 2.45. The van der Waals surface area contributed by atoms with E-state index in [9.17, 15) is 4.79 Å². The maximum atomic E-state index is 13.1. The number of ether oxygens (including phenoxy) is 6. The summed E-state index contributed by atoms with van der Waals surface area (Å²) in [4.78, 5) is 13.1. The molecular formula is C23H26O7. The molecule has 5 rings (SSSR count). The third-order valence-electron chi connectivity index (χ3n) is 5.70. The van der Waals surface area contributed by atoms with E-state index in [0.29, 0.717) is 5.56 Å². The summed E-state index contributed by atoms with van der Waals surface area (Å²) in [5.41, 5.74) is 0.447. The molecule has 4 atom stereocenters. The molecule has 7 nitrogen and oxygen atoms in total. The van der Waals surface area contributed by atoms with Crippen LogP contribution in [0.25, 0.3) is 10.8 Å².